The van der Waals surface area contributed by atoms with Gasteiger partial charge in [0.25, 0.3) is 0 Å². The number of hydrogen-bond acceptors (Lipinski definition) is 2. The number of nitrogens with two attached hydrogens (primary N) is 1. The van der Waals surface area contributed by atoms with Gasteiger partial charge >= 0.3 is 6.09 Å². The van der Waals surface area contributed by atoms with Crippen LogP contribution in [0.25, 0.3) is 0 Å². The van der Waals surface area contributed by atoms with E-state index in [0.717, 1.165) is 5.56 Å². The van der Waals surface area contributed by atoms with E-state index in [4.69, 9.17) is 10.8 Å². The van der Waals surface area contributed by atoms with Crippen molar-refractivity contribution in [2.45, 2.75) is 26.2 Å². The first-order valence-electron chi connectivity index (χ1n) is 4.70. The lowest BCUT2D eigenvalue weighted by molar-refractivity contribution is 0.210. The van der Waals surface area contributed by atoms with Crippen LogP contribution in [0.5, 0.6) is 0 Å². The molecule has 0 aliphatic carbocycles. The van der Waals surface area contributed by atoms with Crippen LogP contribution in [0.1, 0.15) is 26.3 Å². The quantitative estimate of drug-likeness (QED) is 0.621. The van der Waals surface area contributed by atoms with E-state index in [1.807, 2.05) is 6.07 Å². The van der Waals surface area contributed by atoms with Gasteiger partial charge in [-0.2, -0.15) is 0 Å². The fourth-order valence-electron chi connectivity index (χ4n) is 1.26. The molecule has 0 atom stereocenters. The van der Waals surface area contributed by atoms with Crippen molar-refractivity contribution in [3.05, 3.63) is 23.8 Å². The highest BCUT2D eigenvalue weighted by Gasteiger charge is 2.14. The Morgan fingerprint density at radius 3 is 2.40 bits per heavy atom. The zero-order valence-electron chi connectivity index (χ0n) is 9.16. The molecule has 0 saturated heterocycles. The van der Waals surface area contributed by atoms with E-state index in [9.17, 15) is 4.79 Å². The second-order valence-electron chi connectivity index (χ2n) is 4.48. The van der Waals surface area contributed by atoms with Gasteiger partial charge in [0.15, 0.2) is 0 Å². The van der Waals surface area contributed by atoms with Gasteiger partial charge in [0.2, 0.25) is 0 Å². The molecule has 0 fully saturated rings. The molecule has 0 heterocycles. The van der Waals surface area contributed by atoms with Crippen molar-refractivity contribution in [1.29, 1.82) is 0 Å². The molecule has 0 saturated carbocycles. The summed E-state index contributed by atoms with van der Waals surface area (Å²) in [5.74, 6) is 0. The third-order valence-electron chi connectivity index (χ3n) is 2.16. The highest BCUT2D eigenvalue weighted by Crippen LogP contribution is 2.28. The standard InChI is InChI=1S/C11H16N2O2/c1-11(2,3)7-4-5-9(8(12)6-7)13-10(14)15/h4-6,13H,12H2,1-3H3,(H,14,15). The van der Waals surface area contributed by atoms with Crippen molar-refractivity contribution in [3.8, 4) is 0 Å². The minimum absolute atomic E-state index is 0.00980. The zero-order chi connectivity index (χ0) is 11.6. The first kappa shape index (κ1) is 11.4. The van der Waals surface area contributed by atoms with Crippen molar-refractivity contribution >= 4 is 17.5 Å². The van der Waals surface area contributed by atoms with Gasteiger partial charge in [-0.05, 0) is 23.1 Å². The van der Waals surface area contributed by atoms with Gasteiger partial charge in [-0.15, -0.1) is 0 Å². The molecule has 1 rings (SSSR count). The average Bonchev–Trinajstić information content (AvgIpc) is 2.05. The van der Waals surface area contributed by atoms with Gasteiger partial charge in [-0.25, -0.2) is 4.79 Å². The van der Waals surface area contributed by atoms with E-state index in [1.54, 1.807) is 12.1 Å². The van der Waals surface area contributed by atoms with Crippen molar-refractivity contribution in [2.24, 2.45) is 0 Å². The third-order valence-corrected chi connectivity index (χ3v) is 2.16. The van der Waals surface area contributed by atoms with Crippen LogP contribution >= 0.6 is 0 Å². The minimum atomic E-state index is -1.11. The summed E-state index contributed by atoms with van der Waals surface area (Å²) in [5, 5.41) is 10.8. The summed E-state index contributed by atoms with van der Waals surface area (Å²) in [6.07, 6.45) is -1.11. The molecule has 15 heavy (non-hydrogen) atoms. The maximum atomic E-state index is 10.4. The highest BCUT2D eigenvalue weighted by molar-refractivity contribution is 5.87. The topological polar surface area (TPSA) is 75.3 Å². The molecule has 0 aromatic heterocycles. The number of hydrogen-bond donors (Lipinski definition) is 3. The molecule has 0 unspecified atom stereocenters. The van der Waals surface area contributed by atoms with Crippen molar-refractivity contribution in [3.63, 3.8) is 0 Å². The van der Waals surface area contributed by atoms with Gasteiger partial charge in [-0.1, -0.05) is 26.8 Å². The first-order chi connectivity index (χ1) is 6.80. The Kier molecular flexibility index (Phi) is 2.88. The Bertz CT molecular complexity index is 381. The van der Waals surface area contributed by atoms with Crippen LogP contribution < -0.4 is 11.1 Å². The van der Waals surface area contributed by atoms with Crippen molar-refractivity contribution in [1.82, 2.24) is 0 Å². The summed E-state index contributed by atoms with van der Waals surface area (Å²) >= 11 is 0. The molecule has 0 bridgehead atoms. The van der Waals surface area contributed by atoms with Gasteiger partial charge in [0.05, 0.1) is 11.4 Å². The summed E-state index contributed by atoms with van der Waals surface area (Å²) in [7, 11) is 0. The summed E-state index contributed by atoms with van der Waals surface area (Å²) < 4.78 is 0. The fourth-order valence-corrected chi connectivity index (χ4v) is 1.26. The number of anilines is 2. The zero-order valence-corrected chi connectivity index (χ0v) is 9.16. The fraction of sp³-hybridized carbons (Fsp3) is 0.364. The lowest BCUT2D eigenvalue weighted by Crippen LogP contribution is -2.13. The predicted octanol–water partition coefficient (Wildman–Crippen LogP) is 2.66. The summed E-state index contributed by atoms with van der Waals surface area (Å²) in [6, 6.07) is 5.36. The summed E-state index contributed by atoms with van der Waals surface area (Å²) in [4.78, 5) is 10.4. The number of nitrogen functional groups attached to an aromatic ring is 1. The van der Waals surface area contributed by atoms with Gasteiger partial charge in [-0.3, -0.25) is 5.32 Å². The van der Waals surface area contributed by atoms with E-state index in [1.165, 1.54) is 0 Å². The van der Waals surface area contributed by atoms with E-state index in [-0.39, 0.29) is 5.41 Å². The van der Waals surface area contributed by atoms with Crippen LogP contribution in [-0.4, -0.2) is 11.2 Å². The smallest absolute Gasteiger partial charge is 0.409 e. The minimum Gasteiger partial charge on any atom is -0.465 e. The maximum absolute atomic E-state index is 10.4. The molecule has 4 heteroatoms. The normalized spacial score (nSPS) is 11.1. The molecule has 0 spiro atoms. The molecular formula is C11H16N2O2. The molecule has 4 nitrogen and oxygen atoms in total. The lowest BCUT2D eigenvalue weighted by Gasteiger charge is -2.20. The number of rotatable bonds is 1. The second kappa shape index (κ2) is 3.81. The molecule has 1 aromatic carbocycles. The van der Waals surface area contributed by atoms with Crippen LogP contribution in [0.4, 0.5) is 16.2 Å². The molecule has 0 radical (unpaired) electrons. The molecule has 0 aliphatic heterocycles. The van der Waals surface area contributed by atoms with Crippen molar-refractivity contribution in [2.75, 3.05) is 11.1 Å². The number of benzene rings is 1. The van der Waals surface area contributed by atoms with Crippen LogP contribution in [0.2, 0.25) is 0 Å². The van der Waals surface area contributed by atoms with Crippen LogP contribution in [0, 0.1) is 0 Å². The third kappa shape index (κ3) is 2.87. The summed E-state index contributed by atoms with van der Waals surface area (Å²) in [6.45, 7) is 6.23. The maximum Gasteiger partial charge on any atom is 0.409 e. The molecule has 82 valence electrons. The van der Waals surface area contributed by atoms with E-state index >= 15 is 0 Å². The number of amides is 1. The molecule has 4 N–H and O–H groups in total. The van der Waals surface area contributed by atoms with Gasteiger partial charge < -0.3 is 10.8 Å². The molecule has 0 aliphatic rings. The predicted molar refractivity (Wildman–Crippen MR) is 61.2 cm³/mol. The average molecular weight is 208 g/mol. The number of carboxylic acid groups (broad SMARTS) is 1. The highest BCUT2D eigenvalue weighted by atomic mass is 16.4. The van der Waals surface area contributed by atoms with Gasteiger partial charge in [0, 0.05) is 0 Å². The van der Waals surface area contributed by atoms with Gasteiger partial charge in [0.1, 0.15) is 0 Å². The number of carbonyl (C=O) groups is 1. The van der Waals surface area contributed by atoms with Crippen LogP contribution in [0.15, 0.2) is 18.2 Å². The Labute approximate surface area is 89.1 Å². The summed E-state index contributed by atoms with van der Waals surface area (Å²) in [5.41, 5.74) is 7.71. The Hall–Kier alpha value is -1.71. The Morgan fingerprint density at radius 2 is 2.00 bits per heavy atom. The monoisotopic (exact) mass is 208 g/mol. The van der Waals surface area contributed by atoms with Crippen LogP contribution in [0.3, 0.4) is 0 Å². The Morgan fingerprint density at radius 1 is 1.40 bits per heavy atom. The molecule has 1 amide bonds. The second-order valence-corrected chi connectivity index (χ2v) is 4.48. The number of nitrogens with one attached hydrogen (secondary N) is 1. The SMILES string of the molecule is CC(C)(C)c1ccc(NC(=O)O)c(N)c1. The largest absolute Gasteiger partial charge is 0.465 e. The molecule has 1 aromatic rings. The van der Waals surface area contributed by atoms with E-state index in [2.05, 4.69) is 26.1 Å². The molecular weight excluding hydrogens is 192 g/mol. The lowest BCUT2D eigenvalue weighted by atomic mass is 9.87. The first-order valence-corrected chi connectivity index (χ1v) is 4.70. The Balaban J connectivity index is 3.03. The van der Waals surface area contributed by atoms with Crippen LogP contribution in [-0.2, 0) is 5.41 Å². The van der Waals surface area contributed by atoms with E-state index < -0.39 is 6.09 Å². The van der Waals surface area contributed by atoms with E-state index in [0.29, 0.717) is 11.4 Å². The van der Waals surface area contributed by atoms with Crippen molar-refractivity contribution < 1.29 is 9.90 Å².